The minimum absolute atomic E-state index is 0.0265. The topological polar surface area (TPSA) is 109 Å². The van der Waals surface area contributed by atoms with Crippen LogP contribution < -0.4 is 20.7 Å². The van der Waals surface area contributed by atoms with Crippen LogP contribution in [0.2, 0.25) is 0 Å². The molecule has 0 aliphatic carbocycles. The zero-order valence-corrected chi connectivity index (χ0v) is 15.1. The first-order valence-corrected chi connectivity index (χ1v) is 8.28. The number of hydrogen-bond acceptors (Lipinski definition) is 5. The molecule has 0 unspecified atom stereocenters. The third-order valence-corrected chi connectivity index (χ3v) is 3.47. The van der Waals surface area contributed by atoms with E-state index < -0.39 is 11.7 Å². The molecule has 1 heterocycles. The van der Waals surface area contributed by atoms with Crippen molar-refractivity contribution in [2.45, 2.75) is 6.42 Å². The van der Waals surface area contributed by atoms with Crippen molar-refractivity contribution < 1.29 is 23.5 Å². The lowest BCUT2D eigenvalue weighted by Crippen LogP contribution is -2.25. The van der Waals surface area contributed by atoms with Gasteiger partial charge in [-0.3, -0.25) is 19.4 Å². The molecule has 0 saturated carbocycles. The van der Waals surface area contributed by atoms with Crippen LogP contribution in [0.15, 0.2) is 49.2 Å². The lowest BCUT2D eigenvalue weighted by Gasteiger charge is -2.10. The van der Waals surface area contributed by atoms with Crippen LogP contribution in [0.3, 0.4) is 0 Å². The normalized spacial score (nSPS) is 9.93. The average molecular weight is 386 g/mol. The molecular formula is C19H19FN4O4. The van der Waals surface area contributed by atoms with Gasteiger partial charge in [-0.1, -0.05) is 6.58 Å². The highest BCUT2D eigenvalue weighted by Gasteiger charge is 2.11. The number of nitrogens with one attached hydrogen (secondary N) is 3. The maximum absolute atomic E-state index is 14.3. The van der Waals surface area contributed by atoms with Crippen LogP contribution in [-0.4, -0.2) is 36.3 Å². The third-order valence-electron chi connectivity index (χ3n) is 3.47. The van der Waals surface area contributed by atoms with E-state index in [0.717, 1.165) is 12.1 Å². The number of nitrogens with zero attached hydrogens (tertiary/aromatic N) is 1. The van der Waals surface area contributed by atoms with Crippen molar-refractivity contribution in [1.82, 2.24) is 15.6 Å². The predicted octanol–water partition coefficient (Wildman–Crippen LogP) is 2.00. The van der Waals surface area contributed by atoms with Gasteiger partial charge < -0.3 is 20.7 Å². The second kappa shape index (κ2) is 9.81. The van der Waals surface area contributed by atoms with Crippen LogP contribution in [0.5, 0.6) is 11.5 Å². The average Bonchev–Trinajstić information content (AvgIpc) is 2.69. The van der Waals surface area contributed by atoms with Crippen LogP contribution >= 0.6 is 0 Å². The second-order valence-corrected chi connectivity index (χ2v) is 5.50. The molecule has 8 nitrogen and oxygen atoms in total. The van der Waals surface area contributed by atoms with Crippen molar-refractivity contribution in [2.75, 3.05) is 18.9 Å². The van der Waals surface area contributed by atoms with Crippen LogP contribution in [0.4, 0.5) is 10.1 Å². The van der Waals surface area contributed by atoms with Gasteiger partial charge in [-0.25, -0.2) is 4.39 Å². The molecule has 2 rings (SSSR count). The van der Waals surface area contributed by atoms with Crippen molar-refractivity contribution in [2.24, 2.45) is 0 Å². The Morgan fingerprint density at radius 1 is 1.25 bits per heavy atom. The lowest BCUT2D eigenvalue weighted by molar-refractivity contribution is -0.117. The lowest BCUT2D eigenvalue weighted by atomic mass is 10.2. The van der Waals surface area contributed by atoms with Crippen LogP contribution in [0.25, 0.3) is 0 Å². The number of halogens is 1. The predicted molar refractivity (Wildman–Crippen MR) is 101 cm³/mol. The van der Waals surface area contributed by atoms with Crippen molar-refractivity contribution in [3.63, 3.8) is 0 Å². The van der Waals surface area contributed by atoms with Crippen molar-refractivity contribution in [1.29, 1.82) is 0 Å². The van der Waals surface area contributed by atoms with Gasteiger partial charge in [-0.05, 0) is 24.3 Å². The van der Waals surface area contributed by atoms with Gasteiger partial charge >= 0.3 is 0 Å². The smallest absolute Gasteiger partial charge is 0.269 e. The van der Waals surface area contributed by atoms with Crippen LogP contribution in [0.1, 0.15) is 16.9 Å². The summed E-state index contributed by atoms with van der Waals surface area (Å²) in [4.78, 5) is 38.3. The molecule has 28 heavy (non-hydrogen) atoms. The largest absolute Gasteiger partial charge is 0.454 e. The molecular weight excluding hydrogens is 367 g/mol. The molecule has 0 aliphatic rings. The molecule has 0 fully saturated rings. The first-order valence-electron chi connectivity index (χ1n) is 8.28. The Labute approximate surface area is 160 Å². The Bertz CT molecular complexity index is 901. The molecule has 0 saturated heterocycles. The highest BCUT2D eigenvalue weighted by atomic mass is 19.1. The summed E-state index contributed by atoms with van der Waals surface area (Å²) in [7, 11) is 1.47. The molecule has 0 atom stereocenters. The summed E-state index contributed by atoms with van der Waals surface area (Å²) < 4.78 is 19.7. The Hall–Kier alpha value is -3.75. The molecule has 3 amide bonds. The number of ether oxygens (including phenoxy) is 1. The monoisotopic (exact) mass is 386 g/mol. The van der Waals surface area contributed by atoms with Crippen molar-refractivity contribution in [3.05, 3.63) is 60.7 Å². The quantitative estimate of drug-likeness (QED) is 0.601. The number of anilines is 1. The maximum Gasteiger partial charge on any atom is 0.269 e. The van der Waals surface area contributed by atoms with E-state index in [1.165, 1.54) is 37.5 Å². The zero-order valence-electron chi connectivity index (χ0n) is 15.1. The van der Waals surface area contributed by atoms with E-state index in [1.807, 2.05) is 0 Å². The number of carbonyl (C=O) groups excluding carboxylic acids is 3. The van der Waals surface area contributed by atoms with E-state index in [-0.39, 0.29) is 47.7 Å². The summed E-state index contributed by atoms with van der Waals surface area (Å²) in [6.45, 7) is 3.44. The number of carbonyl (C=O) groups is 3. The van der Waals surface area contributed by atoms with E-state index in [9.17, 15) is 18.8 Å². The Kier molecular flexibility index (Phi) is 7.21. The summed E-state index contributed by atoms with van der Waals surface area (Å²) in [5, 5.41) is 7.42. The molecule has 0 bridgehead atoms. The van der Waals surface area contributed by atoms with Gasteiger partial charge in [-0.2, -0.15) is 0 Å². The van der Waals surface area contributed by atoms with Gasteiger partial charge in [0.05, 0.1) is 0 Å². The summed E-state index contributed by atoms with van der Waals surface area (Å²) in [6.07, 6.45) is 2.50. The molecule has 9 heteroatoms. The summed E-state index contributed by atoms with van der Waals surface area (Å²) in [5.74, 6) is -1.70. The molecule has 2 aromatic rings. The van der Waals surface area contributed by atoms with Gasteiger partial charge in [0.25, 0.3) is 5.91 Å². The van der Waals surface area contributed by atoms with E-state index in [1.54, 1.807) is 0 Å². The van der Waals surface area contributed by atoms with Crippen LogP contribution in [-0.2, 0) is 9.59 Å². The fraction of sp³-hybridized carbons (Fsp3) is 0.158. The molecule has 3 N–H and O–H groups in total. The van der Waals surface area contributed by atoms with E-state index in [4.69, 9.17) is 4.74 Å². The van der Waals surface area contributed by atoms with Crippen molar-refractivity contribution >= 4 is 23.4 Å². The van der Waals surface area contributed by atoms with E-state index in [0.29, 0.717) is 0 Å². The number of amides is 3. The van der Waals surface area contributed by atoms with Crippen LogP contribution in [0, 0.1) is 5.82 Å². The number of hydrogen-bond donors (Lipinski definition) is 3. The summed E-state index contributed by atoms with van der Waals surface area (Å²) in [6, 6.07) is 6.80. The highest BCUT2D eigenvalue weighted by molar-refractivity contribution is 5.92. The van der Waals surface area contributed by atoms with Gasteiger partial charge in [-0.15, -0.1) is 0 Å². The Morgan fingerprint density at radius 3 is 2.71 bits per heavy atom. The summed E-state index contributed by atoms with van der Waals surface area (Å²) >= 11 is 0. The third kappa shape index (κ3) is 5.90. The molecule has 0 aliphatic heterocycles. The molecule has 0 radical (unpaired) electrons. The van der Waals surface area contributed by atoms with E-state index >= 15 is 0 Å². The highest BCUT2D eigenvalue weighted by Crippen LogP contribution is 2.27. The van der Waals surface area contributed by atoms with Gasteiger partial charge in [0.1, 0.15) is 11.4 Å². The Morgan fingerprint density at radius 2 is 2.04 bits per heavy atom. The first-order chi connectivity index (χ1) is 13.4. The standard InChI is InChI=1S/C19H19FN4O4/c1-3-17(25)23-9-7-18(26)24-12-4-5-16(14(20)10-12)28-13-6-8-22-15(11-13)19(27)21-2/h3-6,8,10-11H,1,7,9H2,2H3,(H,21,27)(H,23,25)(H,24,26). The maximum atomic E-state index is 14.3. The zero-order chi connectivity index (χ0) is 20.5. The van der Waals surface area contributed by atoms with Gasteiger partial charge in [0.2, 0.25) is 11.8 Å². The number of rotatable bonds is 8. The summed E-state index contributed by atoms with van der Waals surface area (Å²) in [5.41, 5.74) is 0.374. The minimum atomic E-state index is -0.698. The molecule has 1 aromatic heterocycles. The first kappa shape index (κ1) is 20.6. The van der Waals surface area contributed by atoms with Crippen molar-refractivity contribution in [3.8, 4) is 11.5 Å². The SMILES string of the molecule is C=CC(=O)NCCC(=O)Nc1ccc(Oc2ccnc(C(=O)NC)c2)c(F)c1. The second-order valence-electron chi connectivity index (χ2n) is 5.50. The number of aromatic nitrogens is 1. The minimum Gasteiger partial charge on any atom is -0.454 e. The number of pyridine rings is 1. The van der Waals surface area contributed by atoms with Gasteiger partial charge in [0.15, 0.2) is 11.6 Å². The van der Waals surface area contributed by atoms with E-state index in [2.05, 4.69) is 27.5 Å². The Balaban J connectivity index is 1.98. The fourth-order valence-electron chi connectivity index (χ4n) is 2.11. The van der Waals surface area contributed by atoms with Gasteiger partial charge in [0, 0.05) is 44.0 Å². The fourth-order valence-corrected chi connectivity index (χ4v) is 2.11. The molecule has 1 aromatic carbocycles. The molecule has 0 spiro atoms. The number of benzene rings is 1. The molecule has 146 valence electrons.